The number of hydrogen-bond acceptors (Lipinski definition) is 5. The Morgan fingerprint density at radius 3 is 2.14 bits per heavy atom. The van der Waals surface area contributed by atoms with Gasteiger partial charge in [-0.2, -0.15) is 0 Å². The van der Waals surface area contributed by atoms with Gasteiger partial charge in [0.15, 0.2) is 5.84 Å². The maximum Gasteiger partial charge on any atom is 0.159 e. The average molecular weight is 661 g/mol. The number of amidine groups is 2. The summed E-state index contributed by atoms with van der Waals surface area (Å²) in [6.07, 6.45) is 8.83. The number of nitrogens with one attached hydrogen (secondary N) is 1. The molecule has 1 aromatic heterocycles. The van der Waals surface area contributed by atoms with Gasteiger partial charge >= 0.3 is 0 Å². The third-order valence-corrected chi connectivity index (χ3v) is 11.2. The molecule has 0 spiro atoms. The van der Waals surface area contributed by atoms with Crippen LogP contribution in [0.4, 0.5) is 11.4 Å². The Balaban J connectivity index is 1.01. The lowest BCUT2D eigenvalue weighted by Crippen LogP contribution is -2.33. The molecular weight excluding hydrogens is 629 g/mol. The first-order valence-electron chi connectivity index (χ1n) is 17.1. The van der Waals surface area contributed by atoms with E-state index < -0.39 is 0 Å². The highest BCUT2D eigenvalue weighted by atomic mass is 32.1. The van der Waals surface area contributed by atoms with Crippen LogP contribution in [0.1, 0.15) is 34.3 Å². The number of thiophene rings is 1. The fraction of sp³-hybridized carbons (Fsp3) is 0.0667. The molecule has 0 radical (unpaired) electrons. The maximum absolute atomic E-state index is 5.08. The number of fused-ring (bicyclic) bond motifs is 6. The lowest BCUT2D eigenvalue weighted by Gasteiger charge is -2.29. The van der Waals surface area contributed by atoms with Crippen molar-refractivity contribution in [3.63, 3.8) is 0 Å². The molecule has 4 nitrogen and oxygen atoms in total. The van der Waals surface area contributed by atoms with E-state index in [1.54, 1.807) is 0 Å². The number of aliphatic imine (C=N–C) groups is 2. The minimum Gasteiger partial charge on any atom is -0.344 e. The fourth-order valence-corrected chi connectivity index (χ4v) is 8.71. The maximum atomic E-state index is 5.08. The van der Waals surface area contributed by atoms with E-state index in [-0.39, 0.29) is 18.1 Å². The van der Waals surface area contributed by atoms with E-state index in [2.05, 4.69) is 156 Å². The molecule has 0 fully saturated rings. The van der Waals surface area contributed by atoms with Crippen molar-refractivity contribution in [2.24, 2.45) is 9.98 Å². The van der Waals surface area contributed by atoms with Gasteiger partial charge in [0.05, 0.1) is 6.04 Å². The standard InChI is InChI=1S/C45H32N4S/c1-3-11-29(12-4-1)43-46-44(30-13-5-2-6-14-30)48-45(47-43)31-19-23-34(24-20-31)49-39-17-9-7-15-35(39)37-27-32(21-25-40(37)49)33-22-26-42-38(28-33)36-16-8-10-18-41(36)50-42/h1-28,35,39,43H,(H,46,47,48). The van der Waals surface area contributed by atoms with Gasteiger partial charge in [-0.15, -0.1) is 11.3 Å². The molecule has 0 amide bonds. The summed E-state index contributed by atoms with van der Waals surface area (Å²) in [6, 6.07) is 52.3. The summed E-state index contributed by atoms with van der Waals surface area (Å²) in [5, 5.41) is 6.22. The van der Waals surface area contributed by atoms with E-state index in [1.165, 1.54) is 42.6 Å². The van der Waals surface area contributed by atoms with Crippen LogP contribution in [-0.2, 0) is 0 Å². The van der Waals surface area contributed by atoms with Gasteiger partial charge in [0.1, 0.15) is 12.0 Å². The molecule has 3 heterocycles. The predicted octanol–water partition coefficient (Wildman–Crippen LogP) is 10.9. The molecule has 5 heteroatoms. The molecule has 0 bridgehead atoms. The van der Waals surface area contributed by atoms with Gasteiger partial charge in [-0.3, -0.25) is 0 Å². The van der Waals surface area contributed by atoms with Crippen LogP contribution in [0.2, 0.25) is 0 Å². The predicted molar refractivity (Wildman–Crippen MR) is 210 cm³/mol. The Morgan fingerprint density at radius 1 is 0.580 bits per heavy atom. The van der Waals surface area contributed by atoms with Crippen molar-refractivity contribution >= 4 is 54.6 Å². The summed E-state index contributed by atoms with van der Waals surface area (Å²) in [7, 11) is 0. The average Bonchev–Trinajstić information content (AvgIpc) is 3.73. The van der Waals surface area contributed by atoms with Gasteiger partial charge in [-0.05, 0) is 76.9 Å². The summed E-state index contributed by atoms with van der Waals surface area (Å²) in [5.74, 6) is 1.83. The largest absolute Gasteiger partial charge is 0.344 e. The Labute approximate surface area is 295 Å². The van der Waals surface area contributed by atoms with Crippen molar-refractivity contribution in [1.29, 1.82) is 0 Å². The molecule has 50 heavy (non-hydrogen) atoms. The van der Waals surface area contributed by atoms with Gasteiger partial charge < -0.3 is 10.2 Å². The van der Waals surface area contributed by atoms with Crippen LogP contribution in [0.25, 0.3) is 31.3 Å². The van der Waals surface area contributed by atoms with Crippen molar-refractivity contribution < 1.29 is 0 Å². The molecule has 6 aromatic carbocycles. The topological polar surface area (TPSA) is 40.0 Å². The zero-order valence-electron chi connectivity index (χ0n) is 27.1. The molecule has 3 atom stereocenters. The third kappa shape index (κ3) is 4.89. The van der Waals surface area contributed by atoms with E-state index in [1.807, 2.05) is 35.6 Å². The Kier molecular flexibility index (Phi) is 6.84. The Morgan fingerprint density at radius 2 is 1.28 bits per heavy atom. The van der Waals surface area contributed by atoms with Gasteiger partial charge in [0.2, 0.25) is 0 Å². The summed E-state index contributed by atoms with van der Waals surface area (Å²) in [4.78, 5) is 12.6. The van der Waals surface area contributed by atoms with E-state index in [4.69, 9.17) is 9.98 Å². The van der Waals surface area contributed by atoms with Crippen molar-refractivity contribution in [3.05, 3.63) is 192 Å². The van der Waals surface area contributed by atoms with Gasteiger partial charge in [-0.25, -0.2) is 9.98 Å². The first-order valence-corrected chi connectivity index (χ1v) is 17.9. The normalized spacial score (nSPS) is 19.2. The first-order chi connectivity index (χ1) is 24.8. The summed E-state index contributed by atoms with van der Waals surface area (Å²) in [6.45, 7) is 0. The quantitative estimate of drug-likeness (QED) is 0.200. The molecule has 7 aromatic rings. The molecule has 3 unspecified atom stereocenters. The van der Waals surface area contributed by atoms with E-state index in [9.17, 15) is 0 Å². The number of allylic oxidation sites excluding steroid dienone is 2. The lowest BCUT2D eigenvalue weighted by atomic mass is 9.89. The molecule has 238 valence electrons. The smallest absolute Gasteiger partial charge is 0.159 e. The van der Waals surface area contributed by atoms with Crippen LogP contribution in [0.15, 0.2) is 180 Å². The lowest BCUT2D eigenvalue weighted by molar-refractivity contribution is 0.674. The van der Waals surface area contributed by atoms with Gasteiger partial charge in [0, 0.05) is 48.6 Å². The zero-order valence-corrected chi connectivity index (χ0v) is 28.0. The van der Waals surface area contributed by atoms with Crippen molar-refractivity contribution in [3.8, 4) is 11.1 Å². The van der Waals surface area contributed by atoms with Crippen LogP contribution in [0, 0.1) is 0 Å². The molecule has 1 aliphatic carbocycles. The number of nitrogens with zero attached hydrogens (tertiary/aromatic N) is 3. The zero-order chi connectivity index (χ0) is 33.0. The SMILES string of the molecule is C1=CC2c3cc(-c4ccc5sc6ccccc6c5c4)ccc3N(c3ccc(C4=NC(c5ccccc5)NC(c5ccccc5)=N4)cc3)C2C=C1. The summed E-state index contributed by atoms with van der Waals surface area (Å²) in [5.41, 5.74) is 9.41. The fourth-order valence-electron chi connectivity index (χ4n) is 7.63. The molecule has 0 saturated carbocycles. The number of benzene rings is 6. The second-order valence-corrected chi connectivity index (χ2v) is 14.1. The molecule has 1 N–H and O–H groups in total. The van der Waals surface area contributed by atoms with Crippen molar-refractivity contribution in [2.45, 2.75) is 18.1 Å². The third-order valence-electron chi connectivity index (χ3n) is 10.1. The van der Waals surface area contributed by atoms with Crippen LogP contribution >= 0.6 is 11.3 Å². The highest BCUT2D eigenvalue weighted by Gasteiger charge is 2.37. The molecule has 10 rings (SSSR count). The van der Waals surface area contributed by atoms with E-state index >= 15 is 0 Å². The summed E-state index contributed by atoms with van der Waals surface area (Å²) < 4.78 is 2.67. The van der Waals surface area contributed by atoms with E-state index in [0.717, 1.165) is 34.0 Å². The Bertz CT molecular complexity index is 2530. The van der Waals surface area contributed by atoms with Gasteiger partial charge in [0.25, 0.3) is 0 Å². The minimum atomic E-state index is -0.225. The molecule has 2 aliphatic heterocycles. The molecular formula is C45H32N4S. The van der Waals surface area contributed by atoms with Crippen LogP contribution in [0.5, 0.6) is 0 Å². The first kappa shape index (κ1) is 28.9. The van der Waals surface area contributed by atoms with Crippen LogP contribution in [-0.4, -0.2) is 17.7 Å². The Hall–Kier alpha value is -6.04. The number of hydrogen-bond donors (Lipinski definition) is 1. The van der Waals surface area contributed by atoms with Gasteiger partial charge in [-0.1, -0.05) is 115 Å². The van der Waals surface area contributed by atoms with Crippen molar-refractivity contribution in [2.75, 3.05) is 4.90 Å². The summed E-state index contributed by atoms with van der Waals surface area (Å²) >= 11 is 1.87. The second kappa shape index (κ2) is 11.8. The van der Waals surface area contributed by atoms with Crippen molar-refractivity contribution in [1.82, 2.24) is 5.32 Å². The number of rotatable bonds is 5. The monoisotopic (exact) mass is 660 g/mol. The number of anilines is 2. The molecule has 0 saturated heterocycles. The molecule has 3 aliphatic rings. The van der Waals surface area contributed by atoms with E-state index in [0.29, 0.717) is 0 Å². The highest BCUT2D eigenvalue weighted by Crippen LogP contribution is 2.49. The highest BCUT2D eigenvalue weighted by molar-refractivity contribution is 7.25. The van der Waals surface area contributed by atoms with Crippen LogP contribution in [0.3, 0.4) is 0 Å². The second-order valence-electron chi connectivity index (χ2n) is 13.0. The van der Waals surface area contributed by atoms with Crippen LogP contribution < -0.4 is 10.2 Å². The minimum absolute atomic E-state index is 0.209.